The third-order valence-corrected chi connectivity index (χ3v) is 2.94. The second-order valence-electron chi connectivity index (χ2n) is 4.25. The Hall–Kier alpha value is -2.20. The van der Waals surface area contributed by atoms with Gasteiger partial charge in [0, 0.05) is 0 Å². The van der Waals surface area contributed by atoms with E-state index >= 15 is 0 Å². The zero-order valence-corrected chi connectivity index (χ0v) is 11.6. The quantitative estimate of drug-likeness (QED) is 0.880. The Morgan fingerprint density at radius 1 is 0.950 bits per heavy atom. The summed E-state index contributed by atoms with van der Waals surface area (Å²) in [7, 11) is 3.18. The van der Waals surface area contributed by atoms with Crippen LogP contribution in [0.2, 0.25) is 0 Å². The van der Waals surface area contributed by atoms with Crippen molar-refractivity contribution in [2.75, 3.05) is 20.8 Å². The predicted molar refractivity (Wildman–Crippen MR) is 76.4 cm³/mol. The van der Waals surface area contributed by atoms with Gasteiger partial charge in [-0.05, 0) is 29.8 Å². The van der Waals surface area contributed by atoms with Gasteiger partial charge in [0.1, 0.15) is 18.5 Å². The van der Waals surface area contributed by atoms with E-state index in [1.807, 2.05) is 36.4 Å². The summed E-state index contributed by atoms with van der Waals surface area (Å²) in [6.07, 6.45) is -0.727. The first kappa shape index (κ1) is 14.2. The zero-order chi connectivity index (χ0) is 14.4. The van der Waals surface area contributed by atoms with Crippen LogP contribution in [0, 0.1) is 0 Å². The molecule has 0 amide bonds. The van der Waals surface area contributed by atoms with Crippen molar-refractivity contribution in [3.8, 4) is 17.2 Å². The van der Waals surface area contributed by atoms with Gasteiger partial charge in [0.15, 0.2) is 11.5 Å². The van der Waals surface area contributed by atoms with E-state index in [-0.39, 0.29) is 6.61 Å². The maximum absolute atomic E-state index is 10.1. The SMILES string of the molecule is COc1cccc(C(O)COc2ccccc2OC)c1. The first-order valence-corrected chi connectivity index (χ1v) is 6.32. The number of para-hydroxylation sites is 2. The number of hydrogen-bond donors (Lipinski definition) is 1. The Bertz CT molecular complexity index is 554. The highest BCUT2D eigenvalue weighted by Gasteiger charge is 2.11. The Morgan fingerprint density at radius 2 is 1.70 bits per heavy atom. The number of benzene rings is 2. The molecule has 0 radical (unpaired) electrons. The summed E-state index contributed by atoms with van der Waals surface area (Å²) in [6, 6.07) is 14.6. The number of hydrogen-bond acceptors (Lipinski definition) is 4. The largest absolute Gasteiger partial charge is 0.497 e. The molecule has 2 aromatic rings. The van der Waals surface area contributed by atoms with Crippen molar-refractivity contribution >= 4 is 0 Å². The monoisotopic (exact) mass is 274 g/mol. The second-order valence-corrected chi connectivity index (χ2v) is 4.25. The molecule has 0 aliphatic carbocycles. The standard InChI is InChI=1S/C16H18O4/c1-18-13-7-5-6-12(10-13)14(17)11-20-16-9-4-3-8-15(16)19-2/h3-10,14,17H,11H2,1-2H3. The van der Waals surface area contributed by atoms with E-state index in [9.17, 15) is 5.11 Å². The van der Waals surface area contributed by atoms with Crippen molar-refractivity contribution < 1.29 is 19.3 Å². The molecule has 0 saturated carbocycles. The molecular weight excluding hydrogens is 256 g/mol. The van der Waals surface area contributed by atoms with Gasteiger partial charge in [0.05, 0.1) is 14.2 Å². The lowest BCUT2D eigenvalue weighted by atomic mass is 10.1. The van der Waals surface area contributed by atoms with Gasteiger partial charge < -0.3 is 19.3 Å². The van der Waals surface area contributed by atoms with Crippen molar-refractivity contribution in [2.45, 2.75) is 6.10 Å². The fourth-order valence-corrected chi connectivity index (χ4v) is 1.85. The average Bonchev–Trinajstić information content (AvgIpc) is 2.52. The number of rotatable bonds is 6. The first-order valence-electron chi connectivity index (χ1n) is 6.32. The average molecular weight is 274 g/mol. The molecule has 0 heterocycles. The van der Waals surface area contributed by atoms with Crippen LogP contribution in [-0.4, -0.2) is 25.9 Å². The summed E-state index contributed by atoms with van der Waals surface area (Å²) in [4.78, 5) is 0. The first-order chi connectivity index (χ1) is 9.74. The van der Waals surface area contributed by atoms with Crippen LogP contribution in [0.4, 0.5) is 0 Å². The zero-order valence-electron chi connectivity index (χ0n) is 11.6. The van der Waals surface area contributed by atoms with Crippen LogP contribution in [0.25, 0.3) is 0 Å². The summed E-state index contributed by atoms with van der Waals surface area (Å²) in [5.41, 5.74) is 0.749. The molecule has 0 fully saturated rings. The maximum Gasteiger partial charge on any atom is 0.161 e. The molecule has 1 N–H and O–H groups in total. The van der Waals surface area contributed by atoms with Gasteiger partial charge in [0.2, 0.25) is 0 Å². The predicted octanol–water partition coefficient (Wildman–Crippen LogP) is 2.82. The minimum atomic E-state index is -0.727. The van der Waals surface area contributed by atoms with Crippen molar-refractivity contribution in [3.05, 3.63) is 54.1 Å². The molecule has 0 bridgehead atoms. The van der Waals surface area contributed by atoms with Crippen LogP contribution in [0.5, 0.6) is 17.2 Å². The molecule has 0 saturated heterocycles. The fourth-order valence-electron chi connectivity index (χ4n) is 1.85. The number of ether oxygens (including phenoxy) is 3. The minimum absolute atomic E-state index is 0.146. The van der Waals surface area contributed by atoms with Crippen LogP contribution in [-0.2, 0) is 0 Å². The van der Waals surface area contributed by atoms with Crippen LogP contribution in [0.1, 0.15) is 11.7 Å². The van der Waals surface area contributed by atoms with Crippen molar-refractivity contribution in [3.63, 3.8) is 0 Å². The van der Waals surface area contributed by atoms with Gasteiger partial charge in [0.25, 0.3) is 0 Å². The Kier molecular flexibility index (Phi) is 4.85. The fraction of sp³-hybridized carbons (Fsp3) is 0.250. The molecule has 2 rings (SSSR count). The van der Waals surface area contributed by atoms with Gasteiger partial charge in [-0.3, -0.25) is 0 Å². The van der Waals surface area contributed by atoms with E-state index in [1.54, 1.807) is 26.4 Å². The molecule has 4 heteroatoms. The molecule has 2 aromatic carbocycles. The smallest absolute Gasteiger partial charge is 0.161 e. The highest BCUT2D eigenvalue weighted by molar-refractivity contribution is 5.39. The summed E-state index contributed by atoms with van der Waals surface area (Å²) < 4.78 is 15.9. The van der Waals surface area contributed by atoms with Gasteiger partial charge >= 0.3 is 0 Å². The summed E-state index contributed by atoms with van der Waals surface area (Å²) >= 11 is 0. The van der Waals surface area contributed by atoms with Gasteiger partial charge in [-0.2, -0.15) is 0 Å². The molecule has 0 aliphatic heterocycles. The van der Waals surface area contributed by atoms with Crippen molar-refractivity contribution in [1.82, 2.24) is 0 Å². The van der Waals surface area contributed by atoms with Crippen LogP contribution in [0.15, 0.2) is 48.5 Å². The topological polar surface area (TPSA) is 47.9 Å². The van der Waals surface area contributed by atoms with Crippen LogP contribution < -0.4 is 14.2 Å². The van der Waals surface area contributed by atoms with Crippen molar-refractivity contribution in [1.29, 1.82) is 0 Å². The number of aliphatic hydroxyl groups excluding tert-OH is 1. The van der Waals surface area contributed by atoms with Gasteiger partial charge in [-0.15, -0.1) is 0 Å². The van der Waals surface area contributed by atoms with E-state index in [0.717, 1.165) is 5.56 Å². The lowest BCUT2D eigenvalue weighted by molar-refractivity contribution is 0.106. The summed E-state index contributed by atoms with van der Waals surface area (Å²) in [5.74, 6) is 1.96. The minimum Gasteiger partial charge on any atom is -0.497 e. The van der Waals surface area contributed by atoms with E-state index in [2.05, 4.69) is 0 Å². The Labute approximate surface area is 118 Å². The molecule has 4 nitrogen and oxygen atoms in total. The second kappa shape index (κ2) is 6.82. The summed E-state index contributed by atoms with van der Waals surface area (Å²) in [6.45, 7) is 0.146. The molecule has 106 valence electrons. The Morgan fingerprint density at radius 3 is 2.40 bits per heavy atom. The van der Waals surface area contributed by atoms with Crippen LogP contribution >= 0.6 is 0 Å². The molecule has 1 unspecified atom stereocenters. The molecule has 0 aliphatic rings. The molecule has 1 atom stereocenters. The number of methoxy groups -OCH3 is 2. The molecule has 0 spiro atoms. The van der Waals surface area contributed by atoms with E-state index in [0.29, 0.717) is 17.2 Å². The highest BCUT2D eigenvalue weighted by Crippen LogP contribution is 2.27. The third-order valence-electron chi connectivity index (χ3n) is 2.94. The van der Waals surface area contributed by atoms with Crippen LogP contribution in [0.3, 0.4) is 0 Å². The molecule has 20 heavy (non-hydrogen) atoms. The van der Waals surface area contributed by atoms with Gasteiger partial charge in [-0.25, -0.2) is 0 Å². The van der Waals surface area contributed by atoms with E-state index < -0.39 is 6.10 Å². The summed E-state index contributed by atoms with van der Waals surface area (Å²) in [5, 5.41) is 10.1. The molecular formula is C16H18O4. The van der Waals surface area contributed by atoms with E-state index in [1.165, 1.54) is 0 Å². The van der Waals surface area contributed by atoms with Crippen molar-refractivity contribution in [2.24, 2.45) is 0 Å². The normalized spacial score (nSPS) is 11.8. The third kappa shape index (κ3) is 3.42. The maximum atomic E-state index is 10.1. The van der Waals surface area contributed by atoms with E-state index in [4.69, 9.17) is 14.2 Å². The Balaban J connectivity index is 2.02. The highest BCUT2D eigenvalue weighted by atomic mass is 16.5. The number of aliphatic hydroxyl groups is 1. The van der Waals surface area contributed by atoms with Gasteiger partial charge in [-0.1, -0.05) is 24.3 Å². The molecule has 0 aromatic heterocycles. The lowest BCUT2D eigenvalue weighted by Crippen LogP contribution is -2.10. The lowest BCUT2D eigenvalue weighted by Gasteiger charge is -2.15.